The van der Waals surface area contributed by atoms with E-state index in [1.807, 2.05) is 34.5 Å². The second-order valence-corrected chi connectivity index (χ2v) is 5.09. The van der Waals surface area contributed by atoms with Gasteiger partial charge in [-0.3, -0.25) is 4.79 Å². The van der Waals surface area contributed by atoms with Crippen molar-refractivity contribution >= 4 is 17.2 Å². The van der Waals surface area contributed by atoms with Gasteiger partial charge in [-0.25, -0.2) is 0 Å². The molecule has 0 unspecified atom stereocenters. The molecule has 0 atom stereocenters. The van der Waals surface area contributed by atoms with Crippen molar-refractivity contribution < 1.29 is 4.79 Å². The summed E-state index contributed by atoms with van der Waals surface area (Å²) in [6, 6.07) is 12.1. The zero-order valence-electron chi connectivity index (χ0n) is 9.43. The summed E-state index contributed by atoms with van der Waals surface area (Å²) >= 11 is 1.54. The van der Waals surface area contributed by atoms with Crippen LogP contribution in [0.25, 0.3) is 11.1 Å². The predicted octanol–water partition coefficient (Wildman–Crippen LogP) is 3.26. The van der Waals surface area contributed by atoms with E-state index in [-0.39, 0.29) is 5.91 Å². The first-order chi connectivity index (χ1) is 8.36. The molecule has 0 bridgehead atoms. The zero-order valence-corrected chi connectivity index (χ0v) is 10.2. The largest absolute Gasteiger partial charge is 0.338 e. The third-order valence-corrected chi connectivity index (χ3v) is 3.99. The molecule has 1 aromatic carbocycles. The average molecular weight is 243 g/mol. The van der Waals surface area contributed by atoms with Crippen LogP contribution in [0.15, 0.2) is 41.8 Å². The van der Waals surface area contributed by atoms with Gasteiger partial charge in [0.1, 0.15) is 0 Å². The molecule has 0 spiro atoms. The van der Waals surface area contributed by atoms with Crippen LogP contribution in [-0.2, 0) is 0 Å². The number of carbonyl (C=O) groups excluding carboxylic acids is 1. The molecule has 1 aliphatic rings. The Hall–Kier alpha value is -1.61. The first kappa shape index (κ1) is 10.5. The molecule has 0 radical (unpaired) electrons. The molecule has 1 fully saturated rings. The quantitative estimate of drug-likeness (QED) is 0.792. The Morgan fingerprint density at radius 2 is 1.88 bits per heavy atom. The highest BCUT2D eigenvalue weighted by Gasteiger charge is 2.24. The zero-order chi connectivity index (χ0) is 11.7. The smallest absolute Gasteiger partial charge is 0.264 e. The first-order valence-corrected chi connectivity index (χ1v) is 6.66. The van der Waals surface area contributed by atoms with E-state index in [0.29, 0.717) is 0 Å². The van der Waals surface area contributed by atoms with E-state index in [2.05, 4.69) is 12.1 Å². The second-order valence-electron chi connectivity index (χ2n) is 4.18. The van der Waals surface area contributed by atoms with Crippen molar-refractivity contribution in [3.63, 3.8) is 0 Å². The predicted molar refractivity (Wildman–Crippen MR) is 70.3 cm³/mol. The molecule has 86 valence electrons. The minimum absolute atomic E-state index is 0.185. The molecule has 2 aromatic rings. The lowest BCUT2D eigenvalue weighted by Crippen LogP contribution is -2.41. The molecule has 1 aliphatic heterocycles. The SMILES string of the molecule is O=C(c1sccc1-c1ccccc1)N1CCC1. The number of carbonyl (C=O) groups is 1. The number of hydrogen-bond acceptors (Lipinski definition) is 2. The molecule has 1 aromatic heterocycles. The van der Waals surface area contributed by atoms with Crippen LogP contribution in [-0.4, -0.2) is 23.9 Å². The fourth-order valence-corrected chi connectivity index (χ4v) is 2.87. The molecule has 0 saturated carbocycles. The van der Waals surface area contributed by atoms with Gasteiger partial charge in [-0.15, -0.1) is 11.3 Å². The van der Waals surface area contributed by atoms with Gasteiger partial charge in [-0.2, -0.15) is 0 Å². The van der Waals surface area contributed by atoms with Crippen molar-refractivity contribution in [2.75, 3.05) is 13.1 Å². The molecule has 1 amide bonds. The Kier molecular flexibility index (Phi) is 2.69. The number of rotatable bonds is 2. The van der Waals surface area contributed by atoms with Crippen LogP contribution >= 0.6 is 11.3 Å². The van der Waals surface area contributed by atoms with Gasteiger partial charge in [0.15, 0.2) is 0 Å². The van der Waals surface area contributed by atoms with E-state index in [1.54, 1.807) is 0 Å². The number of benzene rings is 1. The highest BCUT2D eigenvalue weighted by atomic mass is 32.1. The molecule has 3 heteroatoms. The summed E-state index contributed by atoms with van der Waals surface area (Å²) in [4.78, 5) is 15.0. The minimum atomic E-state index is 0.185. The lowest BCUT2D eigenvalue weighted by atomic mass is 10.1. The summed E-state index contributed by atoms with van der Waals surface area (Å²) in [5, 5.41) is 2.00. The average Bonchev–Trinajstić information content (AvgIpc) is 2.76. The standard InChI is InChI=1S/C14H13NOS/c16-14(15-8-4-9-15)13-12(7-10-17-13)11-5-2-1-3-6-11/h1-3,5-7,10H,4,8-9H2. The lowest BCUT2D eigenvalue weighted by Gasteiger charge is -2.30. The Bertz CT molecular complexity index is 528. The van der Waals surface area contributed by atoms with Crippen molar-refractivity contribution in [3.05, 3.63) is 46.7 Å². The van der Waals surface area contributed by atoms with Gasteiger partial charge < -0.3 is 4.90 Å². The maximum absolute atomic E-state index is 12.2. The molecular formula is C14H13NOS. The maximum atomic E-state index is 12.2. The van der Waals surface area contributed by atoms with Gasteiger partial charge >= 0.3 is 0 Å². The third kappa shape index (κ3) is 1.87. The van der Waals surface area contributed by atoms with E-state index >= 15 is 0 Å². The van der Waals surface area contributed by atoms with E-state index in [1.165, 1.54) is 11.3 Å². The van der Waals surface area contributed by atoms with Crippen LogP contribution in [0.1, 0.15) is 16.1 Å². The van der Waals surface area contributed by atoms with Gasteiger partial charge in [-0.05, 0) is 23.4 Å². The highest BCUT2D eigenvalue weighted by molar-refractivity contribution is 7.12. The van der Waals surface area contributed by atoms with Crippen molar-refractivity contribution in [2.24, 2.45) is 0 Å². The van der Waals surface area contributed by atoms with E-state index in [9.17, 15) is 4.79 Å². The number of likely N-dealkylation sites (tertiary alicyclic amines) is 1. The van der Waals surface area contributed by atoms with Crippen molar-refractivity contribution in [3.8, 4) is 11.1 Å². The summed E-state index contributed by atoms with van der Waals surface area (Å²) < 4.78 is 0. The normalized spacial score (nSPS) is 14.5. The Balaban J connectivity index is 1.96. The first-order valence-electron chi connectivity index (χ1n) is 5.78. The van der Waals surface area contributed by atoms with Gasteiger partial charge in [0.2, 0.25) is 0 Å². The van der Waals surface area contributed by atoms with Gasteiger partial charge in [0.05, 0.1) is 4.88 Å². The fraction of sp³-hybridized carbons (Fsp3) is 0.214. The topological polar surface area (TPSA) is 20.3 Å². The summed E-state index contributed by atoms with van der Waals surface area (Å²) in [5.74, 6) is 0.185. The van der Waals surface area contributed by atoms with Gasteiger partial charge in [0, 0.05) is 18.7 Å². The molecule has 3 rings (SSSR count). The van der Waals surface area contributed by atoms with Crippen LogP contribution in [0.3, 0.4) is 0 Å². The summed E-state index contributed by atoms with van der Waals surface area (Å²) in [7, 11) is 0. The Labute approximate surface area is 105 Å². The monoisotopic (exact) mass is 243 g/mol. The number of thiophene rings is 1. The third-order valence-electron chi connectivity index (χ3n) is 3.09. The molecule has 1 saturated heterocycles. The fourth-order valence-electron chi connectivity index (χ4n) is 1.98. The van der Waals surface area contributed by atoms with Crippen LogP contribution in [0.4, 0.5) is 0 Å². The molecule has 2 nitrogen and oxygen atoms in total. The molecule has 0 N–H and O–H groups in total. The Morgan fingerprint density at radius 1 is 1.12 bits per heavy atom. The molecular weight excluding hydrogens is 230 g/mol. The summed E-state index contributed by atoms with van der Waals surface area (Å²) in [6.45, 7) is 1.82. The van der Waals surface area contributed by atoms with Crippen molar-refractivity contribution in [2.45, 2.75) is 6.42 Å². The van der Waals surface area contributed by atoms with Crippen molar-refractivity contribution in [1.82, 2.24) is 4.90 Å². The number of hydrogen-bond donors (Lipinski definition) is 0. The van der Waals surface area contributed by atoms with Gasteiger partial charge in [-0.1, -0.05) is 30.3 Å². The molecule has 17 heavy (non-hydrogen) atoms. The van der Waals surface area contributed by atoms with E-state index in [0.717, 1.165) is 35.5 Å². The molecule has 2 heterocycles. The number of amides is 1. The van der Waals surface area contributed by atoms with E-state index in [4.69, 9.17) is 0 Å². The van der Waals surface area contributed by atoms with Gasteiger partial charge in [0.25, 0.3) is 5.91 Å². The van der Waals surface area contributed by atoms with Crippen LogP contribution in [0, 0.1) is 0 Å². The van der Waals surface area contributed by atoms with E-state index < -0.39 is 0 Å². The van der Waals surface area contributed by atoms with Crippen LogP contribution in [0.5, 0.6) is 0 Å². The highest BCUT2D eigenvalue weighted by Crippen LogP contribution is 2.30. The molecule has 0 aliphatic carbocycles. The maximum Gasteiger partial charge on any atom is 0.264 e. The van der Waals surface area contributed by atoms with Crippen LogP contribution in [0.2, 0.25) is 0 Å². The summed E-state index contributed by atoms with van der Waals surface area (Å²) in [5.41, 5.74) is 2.19. The van der Waals surface area contributed by atoms with Crippen molar-refractivity contribution in [1.29, 1.82) is 0 Å². The Morgan fingerprint density at radius 3 is 2.53 bits per heavy atom. The second kappa shape index (κ2) is 4.34. The summed E-state index contributed by atoms with van der Waals surface area (Å²) in [6.07, 6.45) is 1.14. The number of nitrogens with zero attached hydrogens (tertiary/aromatic N) is 1. The minimum Gasteiger partial charge on any atom is -0.338 e. The van der Waals surface area contributed by atoms with Crippen LogP contribution < -0.4 is 0 Å². The lowest BCUT2D eigenvalue weighted by molar-refractivity contribution is 0.0657.